The molecule has 0 aliphatic rings. The van der Waals surface area contributed by atoms with Gasteiger partial charge in [-0.05, 0) is 109 Å². The zero-order valence-electron chi connectivity index (χ0n) is 45.6. The molecule has 0 aliphatic heterocycles. The Labute approximate surface area is 427 Å². The van der Waals surface area contributed by atoms with E-state index in [1.165, 1.54) is 148 Å². The summed E-state index contributed by atoms with van der Waals surface area (Å²) in [6.45, 7) is 6.55. The van der Waals surface area contributed by atoms with Crippen LogP contribution in [0.5, 0.6) is 0 Å². The lowest BCUT2D eigenvalue weighted by Crippen LogP contribution is -2.30. The highest BCUT2D eigenvalue weighted by Gasteiger charge is 2.19. The van der Waals surface area contributed by atoms with Crippen molar-refractivity contribution in [2.75, 3.05) is 13.2 Å². The third kappa shape index (κ3) is 55.6. The van der Waals surface area contributed by atoms with Gasteiger partial charge < -0.3 is 14.2 Å². The number of rotatable bonds is 53. The Balaban J connectivity index is 4.31. The SMILES string of the molecule is CCC/C=C\CCCCCCCC(=O)OCC(COC(=O)CCCCCCCCCC/C=C\C/C=C\C/C=C\CCCCCCC)OC(=O)CCCCCCCCC/C=C\C/C=C\CCCCCC. The van der Waals surface area contributed by atoms with Gasteiger partial charge in [0.25, 0.3) is 0 Å². The molecule has 6 nitrogen and oxygen atoms in total. The second kappa shape index (κ2) is 57.4. The quantitative estimate of drug-likeness (QED) is 0.0262. The number of esters is 3. The van der Waals surface area contributed by atoms with Crippen LogP contribution in [-0.4, -0.2) is 37.2 Å². The lowest BCUT2D eigenvalue weighted by Gasteiger charge is -2.18. The van der Waals surface area contributed by atoms with Crippen LogP contribution in [0, 0.1) is 0 Å². The van der Waals surface area contributed by atoms with Gasteiger partial charge in [0, 0.05) is 19.3 Å². The Kier molecular flexibility index (Phi) is 54.8. The summed E-state index contributed by atoms with van der Waals surface area (Å²) < 4.78 is 16.8. The molecule has 0 saturated carbocycles. The van der Waals surface area contributed by atoms with Gasteiger partial charge in [0.05, 0.1) is 0 Å². The average molecular weight is 964 g/mol. The number of carbonyl (C=O) groups is 3. The highest BCUT2D eigenvalue weighted by Crippen LogP contribution is 2.15. The smallest absolute Gasteiger partial charge is 0.306 e. The van der Waals surface area contributed by atoms with Gasteiger partial charge in [0.1, 0.15) is 13.2 Å². The number of carbonyl (C=O) groups excluding carboxylic acids is 3. The standard InChI is InChI=1S/C63H110O6/c1-4-7-10-13-16-19-22-24-26-28-30-31-32-33-34-36-37-39-41-44-47-50-53-56-62(65)68-59-60(58-67-61(64)55-52-49-46-43-21-18-15-12-9-6-3)69-63(66)57-54-51-48-45-42-40-38-35-29-27-25-23-20-17-14-11-8-5-2/h12,15,20,22-24,27-30,32-33,60H,4-11,13-14,16-19,21,25-26,31,34-59H2,1-3H3/b15-12-,23-20-,24-22-,29-27-,30-28-,33-32-. The van der Waals surface area contributed by atoms with Crippen molar-refractivity contribution in [3.05, 3.63) is 72.9 Å². The molecule has 0 fully saturated rings. The van der Waals surface area contributed by atoms with Crippen LogP contribution < -0.4 is 0 Å². The van der Waals surface area contributed by atoms with Crippen LogP contribution in [0.1, 0.15) is 290 Å². The van der Waals surface area contributed by atoms with Gasteiger partial charge in [-0.3, -0.25) is 14.4 Å². The first-order valence-corrected chi connectivity index (χ1v) is 29.4. The van der Waals surface area contributed by atoms with Gasteiger partial charge >= 0.3 is 17.9 Å². The molecule has 0 radical (unpaired) electrons. The van der Waals surface area contributed by atoms with Crippen molar-refractivity contribution in [2.24, 2.45) is 0 Å². The topological polar surface area (TPSA) is 78.9 Å². The van der Waals surface area contributed by atoms with E-state index in [-0.39, 0.29) is 31.1 Å². The molecule has 0 bridgehead atoms. The van der Waals surface area contributed by atoms with E-state index < -0.39 is 6.10 Å². The van der Waals surface area contributed by atoms with Crippen molar-refractivity contribution in [1.82, 2.24) is 0 Å². The summed E-state index contributed by atoms with van der Waals surface area (Å²) in [5.74, 6) is -0.903. The number of allylic oxidation sites excluding steroid dienone is 12. The fourth-order valence-electron chi connectivity index (χ4n) is 8.19. The fraction of sp³-hybridized carbons (Fsp3) is 0.762. The summed E-state index contributed by atoms with van der Waals surface area (Å²) in [6, 6.07) is 0. The molecule has 0 aliphatic carbocycles. The normalized spacial score (nSPS) is 12.6. The third-order valence-corrected chi connectivity index (χ3v) is 12.6. The van der Waals surface area contributed by atoms with E-state index in [0.717, 1.165) is 103 Å². The van der Waals surface area contributed by atoms with Crippen molar-refractivity contribution in [1.29, 1.82) is 0 Å². The maximum atomic E-state index is 12.8. The van der Waals surface area contributed by atoms with E-state index in [9.17, 15) is 14.4 Å². The predicted molar refractivity (Wildman–Crippen MR) is 298 cm³/mol. The van der Waals surface area contributed by atoms with Crippen molar-refractivity contribution in [3.63, 3.8) is 0 Å². The minimum absolute atomic E-state index is 0.0849. The van der Waals surface area contributed by atoms with Crippen molar-refractivity contribution in [2.45, 2.75) is 297 Å². The van der Waals surface area contributed by atoms with Gasteiger partial charge in [-0.15, -0.1) is 0 Å². The van der Waals surface area contributed by atoms with Gasteiger partial charge in [0.2, 0.25) is 0 Å². The molecule has 0 N–H and O–H groups in total. The Morgan fingerprint density at radius 2 is 0.551 bits per heavy atom. The highest BCUT2D eigenvalue weighted by molar-refractivity contribution is 5.71. The van der Waals surface area contributed by atoms with Crippen LogP contribution in [0.2, 0.25) is 0 Å². The average Bonchev–Trinajstić information content (AvgIpc) is 3.35. The molecule has 0 aromatic carbocycles. The highest BCUT2D eigenvalue weighted by atomic mass is 16.6. The summed E-state index contributed by atoms with van der Waals surface area (Å²) in [4.78, 5) is 38.1. The van der Waals surface area contributed by atoms with Crippen LogP contribution in [0.25, 0.3) is 0 Å². The van der Waals surface area contributed by atoms with Crippen LogP contribution in [0.3, 0.4) is 0 Å². The molecular weight excluding hydrogens is 853 g/mol. The van der Waals surface area contributed by atoms with Crippen LogP contribution in [0.15, 0.2) is 72.9 Å². The van der Waals surface area contributed by atoms with E-state index in [0.29, 0.717) is 19.3 Å². The van der Waals surface area contributed by atoms with Gasteiger partial charge in [-0.2, -0.15) is 0 Å². The van der Waals surface area contributed by atoms with Crippen molar-refractivity contribution >= 4 is 17.9 Å². The molecule has 69 heavy (non-hydrogen) atoms. The van der Waals surface area contributed by atoms with Crippen LogP contribution >= 0.6 is 0 Å². The van der Waals surface area contributed by atoms with Gasteiger partial charge in [-0.1, -0.05) is 235 Å². The first kappa shape index (κ1) is 65.8. The molecule has 0 spiro atoms. The lowest BCUT2D eigenvalue weighted by molar-refractivity contribution is -0.167. The third-order valence-electron chi connectivity index (χ3n) is 12.6. The molecule has 0 amide bonds. The molecular formula is C63H110O6. The summed E-state index contributed by atoms with van der Waals surface area (Å²) in [5.41, 5.74) is 0. The van der Waals surface area contributed by atoms with E-state index >= 15 is 0 Å². The molecule has 6 heteroatoms. The first-order chi connectivity index (χ1) is 34.0. The zero-order chi connectivity index (χ0) is 50.0. The monoisotopic (exact) mass is 963 g/mol. The van der Waals surface area contributed by atoms with Gasteiger partial charge in [0.15, 0.2) is 6.10 Å². The Morgan fingerprint density at radius 3 is 0.899 bits per heavy atom. The molecule has 0 rings (SSSR count). The molecule has 398 valence electrons. The number of hydrogen-bond donors (Lipinski definition) is 0. The molecule has 0 aromatic rings. The van der Waals surface area contributed by atoms with E-state index in [1.807, 2.05) is 0 Å². The lowest BCUT2D eigenvalue weighted by atomic mass is 10.1. The van der Waals surface area contributed by atoms with Crippen LogP contribution in [-0.2, 0) is 28.6 Å². The van der Waals surface area contributed by atoms with E-state index in [2.05, 4.69) is 93.7 Å². The first-order valence-electron chi connectivity index (χ1n) is 29.4. The number of ether oxygens (including phenoxy) is 3. The summed E-state index contributed by atoms with van der Waals surface area (Å²) in [5, 5.41) is 0. The molecule has 1 atom stereocenters. The van der Waals surface area contributed by atoms with Gasteiger partial charge in [-0.25, -0.2) is 0 Å². The summed E-state index contributed by atoms with van der Waals surface area (Å²) in [6.07, 6.45) is 73.3. The second-order valence-electron chi connectivity index (χ2n) is 19.5. The minimum Gasteiger partial charge on any atom is -0.462 e. The predicted octanol–water partition coefficient (Wildman–Crippen LogP) is 19.8. The molecule has 0 heterocycles. The Bertz CT molecular complexity index is 1290. The van der Waals surface area contributed by atoms with Crippen LogP contribution in [0.4, 0.5) is 0 Å². The largest absolute Gasteiger partial charge is 0.462 e. The van der Waals surface area contributed by atoms with E-state index in [4.69, 9.17) is 14.2 Å². The fourth-order valence-corrected chi connectivity index (χ4v) is 8.19. The number of hydrogen-bond acceptors (Lipinski definition) is 6. The summed E-state index contributed by atoms with van der Waals surface area (Å²) in [7, 11) is 0. The zero-order valence-corrected chi connectivity index (χ0v) is 45.6. The summed E-state index contributed by atoms with van der Waals surface area (Å²) >= 11 is 0. The maximum absolute atomic E-state index is 12.8. The molecule has 1 unspecified atom stereocenters. The minimum atomic E-state index is -0.786. The van der Waals surface area contributed by atoms with Crippen molar-refractivity contribution in [3.8, 4) is 0 Å². The molecule has 0 aromatic heterocycles. The second-order valence-corrected chi connectivity index (χ2v) is 19.5. The Morgan fingerprint density at radius 1 is 0.290 bits per heavy atom. The molecule has 0 saturated heterocycles. The maximum Gasteiger partial charge on any atom is 0.306 e. The van der Waals surface area contributed by atoms with E-state index in [1.54, 1.807) is 0 Å². The Hall–Kier alpha value is -3.15. The van der Waals surface area contributed by atoms with Crippen molar-refractivity contribution < 1.29 is 28.6 Å². The number of unbranched alkanes of at least 4 members (excludes halogenated alkanes) is 30.